The first-order valence-electron chi connectivity index (χ1n) is 13.4. The van der Waals surface area contributed by atoms with E-state index < -0.39 is 28.5 Å². The molecule has 11 heteroatoms. The molecular formula is C30H35Cl2N3O5S. The summed E-state index contributed by atoms with van der Waals surface area (Å²) in [5.41, 5.74) is 0.764. The van der Waals surface area contributed by atoms with Crippen molar-refractivity contribution in [1.82, 2.24) is 10.2 Å². The van der Waals surface area contributed by atoms with Crippen molar-refractivity contribution in [3.8, 4) is 5.75 Å². The van der Waals surface area contributed by atoms with Crippen LogP contribution in [-0.2, 0) is 26.2 Å². The maximum Gasteiger partial charge on any atom is 0.264 e. The molecule has 0 saturated heterocycles. The number of nitrogens with zero attached hydrogens (tertiary/aromatic N) is 2. The van der Waals surface area contributed by atoms with Gasteiger partial charge in [-0.15, -0.1) is 0 Å². The van der Waals surface area contributed by atoms with Gasteiger partial charge in [0.05, 0.1) is 17.2 Å². The summed E-state index contributed by atoms with van der Waals surface area (Å²) in [5.74, 6) is -0.398. The van der Waals surface area contributed by atoms with E-state index in [0.29, 0.717) is 53.0 Å². The zero-order chi connectivity index (χ0) is 30.0. The van der Waals surface area contributed by atoms with Crippen LogP contribution in [-0.4, -0.2) is 50.9 Å². The van der Waals surface area contributed by atoms with E-state index in [1.54, 1.807) is 67.6 Å². The molecule has 0 radical (unpaired) electrons. The molecule has 8 nitrogen and oxygen atoms in total. The van der Waals surface area contributed by atoms with Crippen molar-refractivity contribution in [3.05, 3.63) is 88.4 Å². The Bertz CT molecular complexity index is 1400. The van der Waals surface area contributed by atoms with Crippen molar-refractivity contribution in [2.45, 2.75) is 51.1 Å². The highest BCUT2D eigenvalue weighted by Crippen LogP contribution is 2.29. The molecule has 0 bridgehead atoms. The van der Waals surface area contributed by atoms with Crippen molar-refractivity contribution in [3.63, 3.8) is 0 Å². The van der Waals surface area contributed by atoms with E-state index in [4.69, 9.17) is 27.9 Å². The summed E-state index contributed by atoms with van der Waals surface area (Å²) in [6, 6.07) is 18.5. The largest absolute Gasteiger partial charge is 0.494 e. The van der Waals surface area contributed by atoms with Crippen LogP contribution < -0.4 is 14.4 Å². The van der Waals surface area contributed by atoms with Gasteiger partial charge in [-0.05, 0) is 68.3 Å². The third-order valence-corrected chi connectivity index (χ3v) is 8.87. The number of nitrogens with one attached hydrogen (secondary N) is 1. The third kappa shape index (κ3) is 8.15. The highest BCUT2D eigenvalue weighted by molar-refractivity contribution is 7.92. The lowest BCUT2D eigenvalue weighted by molar-refractivity contribution is -0.140. The third-order valence-electron chi connectivity index (χ3n) is 6.37. The lowest BCUT2D eigenvalue weighted by Gasteiger charge is -2.33. The second kappa shape index (κ2) is 15.1. The summed E-state index contributed by atoms with van der Waals surface area (Å²) in [5, 5.41) is 3.52. The highest BCUT2D eigenvalue weighted by atomic mass is 35.5. The van der Waals surface area contributed by atoms with Gasteiger partial charge in [-0.1, -0.05) is 61.3 Å². The molecule has 0 saturated carbocycles. The van der Waals surface area contributed by atoms with Gasteiger partial charge in [-0.25, -0.2) is 8.42 Å². The molecule has 41 heavy (non-hydrogen) atoms. The zero-order valence-electron chi connectivity index (χ0n) is 23.3. The van der Waals surface area contributed by atoms with Crippen LogP contribution in [0.2, 0.25) is 10.0 Å². The number of hydrogen-bond donors (Lipinski definition) is 1. The Hall–Kier alpha value is -3.27. The van der Waals surface area contributed by atoms with Crippen LogP contribution in [0.3, 0.4) is 0 Å². The molecule has 1 atom stereocenters. The lowest BCUT2D eigenvalue weighted by Crippen LogP contribution is -2.52. The molecule has 0 aliphatic rings. The van der Waals surface area contributed by atoms with Gasteiger partial charge in [0.15, 0.2) is 0 Å². The average Bonchev–Trinajstić information content (AvgIpc) is 2.96. The molecule has 3 aromatic carbocycles. The summed E-state index contributed by atoms with van der Waals surface area (Å²) in [6.07, 6.45) is 1.01. The number of halogens is 2. The summed E-state index contributed by atoms with van der Waals surface area (Å²) in [6.45, 7) is 5.79. The summed E-state index contributed by atoms with van der Waals surface area (Å²) in [4.78, 5) is 28.6. The van der Waals surface area contributed by atoms with Crippen LogP contribution >= 0.6 is 23.2 Å². The van der Waals surface area contributed by atoms with Crippen molar-refractivity contribution < 1.29 is 22.7 Å². The maximum atomic E-state index is 14.1. The Labute approximate surface area is 252 Å². The van der Waals surface area contributed by atoms with Crippen LogP contribution in [0.5, 0.6) is 5.75 Å². The number of sulfonamides is 1. The quantitative estimate of drug-likeness (QED) is 0.242. The first-order valence-corrected chi connectivity index (χ1v) is 15.6. The van der Waals surface area contributed by atoms with E-state index in [0.717, 1.165) is 4.31 Å². The molecule has 0 spiro atoms. The van der Waals surface area contributed by atoms with Gasteiger partial charge in [0, 0.05) is 28.7 Å². The average molecular weight is 621 g/mol. The molecule has 2 amide bonds. The van der Waals surface area contributed by atoms with Gasteiger partial charge < -0.3 is 15.0 Å². The van der Waals surface area contributed by atoms with E-state index in [9.17, 15) is 18.0 Å². The van der Waals surface area contributed by atoms with Crippen LogP contribution in [0.15, 0.2) is 77.7 Å². The van der Waals surface area contributed by atoms with E-state index in [2.05, 4.69) is 5.32 Å². The number of ether oxygens (including phenoxy) is 1. The number of hydrogen-bond acceptors (Lipinski definition) is 5. The lowest BCUT2D eigenvalue weighted by atomic mass is 10.1. The van der Waals surface area contributed by atoms with Gasteiger partial charge in [0.25, 0.3) is 10.0 Å². The van der Waals surface area contributed by atoms with Crippen molar-refractivity contribution in [1.29, 1.82) is 0 Å². The molecule has 0 heterocycles. The fraction of sp³-hybridized carbons (Fsp3) is 0.333. The maximum absolute atomic E-state index is 14.1. The minimum atomic E-state index is -4.19. The Kier molecular flexibility index (Phi) is 11.9. The van der Waals surface area contributed by atoms with Gasteiger partial charge in [0.1, 0.15) is 18.3 Å². The molecule has 220 valence electrons. The SMILES string of the molecule is CCCNC(=O)C(CC)N(Cc1c(Cl)cccc1Cl)C(=O)CN(c1ccccc1)S(=O)(=O)c1ccc(OCC)cc1. The molecule has 3 rings (SSSR count). The number of para-hydroxylation sites is 1. The molecule has 1 unspecified atom stereocenters. The summed E-state index contributed by atoms with van der Waals surface area (Å²) in [7, 11) is -4.19. The Morgan fingerprint density at radius 3 is 2.10 bits per heavy atom. The Balaban J connectivity index is 2.05. The molecule has 0 aliphatic heterocycles. The van der Waals surface area contributed by atoms with Crippen molar-refractivity contribution in [2.24, 2.45) is 0 Å². The smallest absolute Gasteiger partial charge is 0.264 e. The van der Waals surface area contributed by atoms with Gasteiger partial charge in [0.2, 0.25) is 11.8 Å². The van der Waals surface area contributed by atoms with E-state index in [1.165, 1.54) is 17.0 Å². The van der Waals surface area contributed by atoms with Gasteiger partial charge in [-0.2, -0.15) is 0 Å². The van der Waals surface area contributed by atoms with Gasteiger partial charge >= 0.3 is 0 Å². The number of anilines is 1. The van der Waals surface area contributed by atoms with Crippen molar-refractivity contribution in [2.75, 3.05) is 24.0 Å². The molecule has 0 aromatic heterocycles. The predicted molar refractivity (Wildman–Crippen MR) is 163 cm³/mol. The van der Waals surface area contributed by atoms with Crippen LogP contribution in [0.1, 0.15) is 39.2 Å². The summed E-state index contributed by atoms with van der Waals surface area (Å²) < 4.78 is 34.4. The summed E-state index contributed by atoms with van der Waals surface area (Å²) >= 11 is 12.9. The molecule has 0 aliphatic carbocycles. The Morgan fingerprint density at radius 2 is 1.54 bits per heavy atom. The number of amides is 2. The normalized spacial score (nSPS) is 11.9. The Morgan fingerprint density at radius 1 is 0.902 bits per heavy atom. The van der Waals surface area contributed by atoms with Crippen LogP contribution in [0, 0.1) is 0 Å². The number of carbonyl (C=O) groups is 2. The number of benzene rings is 3. The minimum Gasteiger partial charge on any atom is -0.494 e. The first-order chi connectivity index (χ1) is 19.6. The standard InChI is InChI=1S/C30H35Cl2N3O5S/c1-4-19-33-30(37)28(5-2)34(20-25-26(31)13-10-14-27(25)32)29(36)21-35(22-11-8-7-9-12-22)41(38,39)24-17-15-23(16-18-24)40-6-3/h7-18,28H,4-6,19-21H2,1-3H3,(H,33,37). The fourth-order valence-electron chi connectivity index (χ4n) is 4.26. The minimum absolute atomic E-state index is 0.00830. The molecular weight excluding hydrogens is 585 g/mol. The highest BCUT2D eigenvalue weighted by Gasteiger charge is 2.34. The predicted octanol–water partition coefficient (Wildman–Crippen LogP) is 5.92. The van der Waals surface area contributed by atoms with Crippen LogP contribution in [0.25, 0.3) is 0 Å². The van der Waals surface area contributed by atoms with Crippen molar-refractivity contribution >= 4 is 50.7 Å². The number of carbonyl (C=O) groups excluding carboxylic acids is 2. The second-order valence-corrected chi connectivity index (χ2v) is 11.9. The van der Waals surface area contributed by atoms with E-state index in [1.807, 2.05) is 13.8 Å². The first kappa shape index (κ1) is 32.2. The van der Waals surface area contributed by atoms with Gasteiger partial charge in [-0.3, -0.25) is 13.9 Å². The topological polar surface area (TPSA) is 96.0 Å². The monoisotopic (exact) mass is 619 g/mol. The number of rotatable bonds is 14. The van der Waals surface area contributed by atoms with Crippen LogP contribution in [0.4, 0.5) is 5.69 Å². The molecule has 0 fully saturated rings. The fourth-order valence-corrected chi connectivity index (χ4v) is 6.20. The van der Waals surface area contributed by atoms with E-state index >= 15 is 0 Å². The van der Waals surface area contributed by atoms with E-state index in [-0.39, 0.29) is 17.3 Å². The zero-order valence-corrected chi connectivity index (χ0v) is 25.7. The second-order valence-electron chi connectivity index (χ2n) is 9.19. The molecule has 3 aromatic rings. The molecule has 1 N–H and O–H groups in total.